The highest BCUT2D eigenvalue weighted by Crippen LogP contribution is 2.47. The summed E-state index contributed by atoms with van der Waals surface area (Å²) < 4.78 is 35.8. The van der Waals surface area contributed by atoms with E-state index < -0.39 is 29.5 Å². The molecule has 1 aromatic heterocycles. The van der Waals surface area contributed by atoms with Gasteiger partial charge in [0, 0.05) is 44.2 Å². The summed E-state index contributed by atoms with van der Waals surface area (Å²) in [5.41, 5.74) is 1.06. The number of halogens is 2. The first-order chi connectivity index (χ1) is 15.9. The van der Waals surface area contributed by atoms with Gasteiger partial charge in [0.1, 0.15) is 17.9 Å². The first kappa shape index (κ1) is 20.8. The van der Waals surface area contributed by atoms with Crippen molar-refractivity contribution >= 4 is 11.8 Å². The second kappa shape index (κ2) is 7.62. The van der Waals surface area contributed by atoms with Gasteiger partial charge in [0.15, 0.2) is 11.3 Å². The summed E-state index contributed by atoms with van der Waals surface area (Å²) in [5, 5.41) is 4.49. The van der Waals surface area contributed by atoms with Crippen LogP contribution >= 0.6 is 0 Å². The van der Waals surface area contributed by atoms with Crippen LogP contribution in [0.25, 0.3) is 0 Å². The number of nitrogens with zero attached hydrogens (tertiary/aromatic N) is 4. The van der Waals surface area contributed by atoms with E-state index in [1.807, 2.05) is 10.7 Å². The molecule has 3 saturated heterocycles. The fourth-order valence-corrected chi connectivity index (χ4v) is 5.90. The summed E-state index contributed by atoms with van der Waals surface area (Å²) in [4.78, 5) is 29.9. The molecule has 0 saturated carbocycles. The van der Waals surface area contributed by atoms with Crippen molar-refractivity contribution in [1.29, 1.82) is 0 Å². The number of carbonyl (C=O) groups is 2. The molecular formula is C24H26F2N4O3. The van der Waals surface area contributed by atoms with Crippen LogP contribution in [-0.2, 0) is 22.5 Å². The largest absolute Gasteiger partial charge is 0.342 e. The molecule has 4 aliphatic heterocycles. The summed E-state index contributed by atoms with van der Waals surface area (Å²) in [5.74, 6) is -1.54. The summed E-state index contributed by atoms with van der Waals surface area (Å²) >= 11 is 0. The third-order valence-corrected chi connectivity index (χ3v) is 7.58. The molecule has 2 amide bonds. The molecule has 3 fully saturated rings. The van der Waals surface area contributed by atoms with E-state index in [9.17, 15) is 18.4 Å². The number of rotatable bonds is 2. The Labute approximate surface area is 190 Å². The average Bonchev–Trinajstić information content (AvgIpc) is 3.48. The van der Waals surface area contributed by atoms with E-state index in [1.165, 1.54) is 12.1 Å². The van der Waals surface area contributed by atoms with Gasteiger partial charge >= 0.3 is 0 Å². The maximum absolute atomic E-state index is 13.8. The number of hydrogen-bond donors (Lipinski definition) is 0. The average molecular weight is 456 g/mol. The van der Waals surface area contributed by atoms with Gasteiger partial charge in [-0.2, -0.15) is 5.10 Å². The van der Waals surface area contributed by atoms with Crippen LogP contribution in [-0.4, -0.2) is 56.3 Å². The van der Waals surface area contributed by atoms with Gasteiger partial charge < -0.3 is 14.5 Å². The smallest absolute Gasteiger partial charge is 0.274 e. The lowest BCUT2D eigenvalue weighted by molar-refractivity contribution is -0.142. The second-order valence-corrected chi connectivity index (χ2v) is 9.57. The van der Waals surface area contributed by atoms with Crippen LogP contribution in [0.1, 0.15) is 66.3 Å². The van der Waals surface area contributed by atoms with Crippen molar-refractivity contribution in [3.63, 3.8) is 0 Å². The predicted octanol–water partition coefficient (Wildman–Crippen LogP) is 3.19. The number of carbonyl (C=O) groups excluding carboxylic acids is 2. The van der Waals surface area contributed by atoms with Crippen LogP contribution in [0.2, 0.25) is 0 Å². The van der Waals surface area contributed by atoms with Crippen LogP contribution in [0.4, 0.5) is 8.78 Å². The van der Waals surface area contributed by atoms with Crippen molar-refractivity contribution in [2.24, 2.45) is 0 Å². The van der Waals surface area contributed by atoms with Gasteiger partial charge in [0.25, 0.3) is 11.8 Å². The molecule has 9 heteroatoms. The SMILES string of the molecule is O=C(c1cc2n(n1)CCCC2)N1CCC2(CC1)OC1CCC(c3cc(F)cc(F)c3)N1C2=O. The first-order valence-electron chi connectivity index (χ1n) is 11.8. The Morgan fingerprint density at radius 3 is 2.52 bits per heavy atom. The molecule has 2 unspecified atom stereocenters. The number of aryl methyl sites for hydroxylation is 2. The van der Waals surface area contributed by atoms with Crippen LogP contribution in [0.3, 0.4) is 0 Å². The molecule has 1 aromatic carbocycles. The molecular weight excluding hydrogens is 430 g/mol. The van der Waals surface area contributed by atoms with Crippen molar-refractivity contribution in [1.82, 2.24) is 19.6 Å². The van der Waals surface area contributed by atoms with Gasteiger partial charge in [-0.3, -0.25) is 14.3 Å². The molecule has 2 atom stereocenters. The van der Waals surface area contributed by atoms with E-state index in [1.54, 1.807) is 9.80 Å². The Morgan fingerprint density at radius 1 is 1.03 bits per heavy atom. The Morgan fingerprint density at radius 2 is 1.79 bits per heavy atom. The third-order valence-electron chi connectivity index (χ3n) is 7.58. The lowest BCUT2D eigenvalue weighted by Crippen LogP contribution is -2.51. The maximum Gasteiger partial charge on any atom is 0.274 e. The zero-order valence-corrected chi connectivity index (χ0v) is 18.3. The number of benzene rings is 1. The molecule has 1 spiro atoms. The van der Waals surface area contributed by atoms with Gasteiger partial charge in [-0.15, -0.1) is 0 Å². The number of amides is 2. The summed E-state index contributed by atoms with van der Waals surface area (Å²) in [7, 11) is 0. The fraction of sp³-hybridized carbons (Fsp3) is 0.542. The Bertz CT molecular complexity index is 1080. The zero-order chi connectivity index (χ0) is 22.7. The minimum Gasteiger partial charge on any atom is -0.342 e. The molecule has 0 bridgehead atoms. The van der Waals surface area contributed by atoms with Crippen molar-refractivity contribution in [2.75, 3.05) is 13.1 Å². The number of likely N-dealkylation sites (tertiary alicyclic amines) is 1. The molecule has 4 aliphatic rings. The van der Waals surface area contributed by atoms with Crippen LogP contribution in [0, 0.1) is 11.6 Å². The molecule has 0 N–H and O–H groups in total. The van der Waals surface area contributed by atoms with Gasteiger partial charge in [0.05, 0.1) is 6.04 Å². The number of piperidine rings is 1. The topological polar surface area (TPSA) is 67.7 Å². The molecule has 7 nitrogen and oxygen atoms in total. The quantitative estimate of drug-likeness (QED) is 0.696. The van der Waals surface area contributed by atoms with Gasteiger partial charge in [-0.25, -0.2) is 8.78 Å². The summed E-state index contributed by atoms with van der Waals surface area (Å²) in [6, 6.07) is 4.91. The van der Waals surface area contributed by atoms with Crippen LogP contribution in [0.5, 0.6) is 0 Å². The Balaban J connectivity index is 1.16. The molecule has 5 heterocycles. The summed E-state index contributed by atoms with van der Waals surface area (Å²) in [6.45, 7) is 1.67. The fourth-order valence-electron chi connectivity index (χ4n) is 5.90. The first-order valence-corrected chi connectivity index (χ1v) is 11.8. The maximum atomic E-state index is 13.8. The van der Waals surface area contributed by atoms with E-state index in [-0.39, 0.29) is 11.8 Å². The van der Waals surface area contributed by atoms with Crippen LogP contribution < -0.4 is 0 Å². The van der Waals surface area contributed by atoms with Crippen molar-refractivity contribution < 1.29 is 23.1 Å². The number of fused-ring (bicyclic) bond motifs is 2. The lowest BCUT2D eigenvalue weighted by Gasteiger charge is -2.37. The monoisotopic (exact) mass is 456 g/mol. The molecule has 33 heavy (non-hydrogen) atoms. The van der Waals surface area contributed by atoms with Gasteiger partial charge in [-0.1, -0.05) is 0 Å². The Hall–Kier alpha value is -2.81. The molecule has 0 aliphatic carbocycles. The number of ether oxygens (including phenoxy) is 1. The van der Waals surface area contributed by atoms with Gasteiger partial charge in [0.2, 0.25) is 0 Å². The molecule has 0 radical (unpaired) electrons. The molecule has 174 valence electrons. The second-order valence-electron chi connectivity index (χ2n) is 9.57. The van der Waals surface area contributed by atoms with E-state index in [2.05, 4.69) is 5.10 Å². The lowest BCUT2D eigenvalue weighted by atomic mass is 9.89. The molecule has 6 rings (SSSR count). The Kier molecular flexibility index (Phi) is 4.79. The normalized spacial score (nSPS) is 26.1. The standard InChI is InChI=1S/C24H26F2N4O3/c25-16-11-15(12-17(26)13-16)20-4-5-21-30(20)23(32)24(33-21)6-9-28(10-7-24)22(31)19-14-18-3-1-2-8-29(18)27-19/h11-14,20-21H,1-10H2. The van der Waals surface area contributed by atoms with E-state index in [0.29, 0.717) is 50.0 Å². The highest BCUT2D eigenvalue weighted by atomic mass is 19.1. The van der Waals surface area contributed by atoms with E-state index >= 15 is 0 Å². The van der Waals surface area contributed by atoms with E-state index in [0.717, 1.165) is 37.6 Å². The van der Waals surface area contributed by atoms with Crippen molar-refractivity contribution in [2.45, 2.75) is 69.4 Å². The predicted molar refractivity (Wildman–Crippen MR) is 113 cm³/mol. The zero-order valence-electron chi connectivity index (χ0n) is 18.3. The highest BCUT2D eigenvalue weighted by Gasteiger charge is 2.58. The molecule has 2 aromatic rings. The van der Waals surface area contributed by atoms with Crippen molar-refractivity contribution in [3.05, 3.63) is 52.9 Å². The highest BCUT2D eigenvalue weighted by molar-refractivity contribution is 5.93. The third kappa shape index (κ3) is 3.36. The minimum atomic E-state index is -0.973. The number of aromatic nitrogens is 2. The van der Waals surface area contributed by atoms with E-state index in [4.69, 9.17) is 4.74 Å². The van der Waals surface area contributed by atoms with Crippen LogP contribution in [0.15, 0.2) is 24.3 Å². The van der Waals surface area contributed by atoms with Crippen molar-refractivity contribution in [3.8, 4) is 0 Å². The van der Waals surface area contributed by atoms with Gasteiger partial charge in [-0.05, 0) is 55.9 Å². The number of hydrogen-bond acceptors (Lipinski definition) is 4. The summed E-state index contributed by atoms with van der Waals surface area (Å²) in [6.07, 6.45) is 4.78. The minimum absolute atomic E-state index is 0.106.